The van der Waals surface area contributed by atoms with Crippen LogP contribution < -0.4 is 20.1 Å². The molecule has 2 aromatic carbocycles. The van der Waals surface area contributed by atoms with E-state index in [1.54, 1.807) is 4.90 Å². The second kappa shape index (κ2) is 9.30. The summed E-state index contributed by atoms with van der Waals surface area (Å²) >= 11 is 1.26. The number of hydrogen-bond donors (Lipinski definition) is 2. The van der Waals surface area contributed by atoms with Crippen LogP contribution in [0.2, 0.25) is 0 Å². The lowest BCUT2D eigenvalue weighted by molar-refractivity contribution is -0.119. The summed E-state index contributed by atoms with van der Waals surface area (Å²) in [6.45, 7) is 4.96. The van der Waals surface area contributed by atoms with Gasteiger partial charge in [-0.3, -0.25) is 10.1 Å². The highest BCUT2D eigenvalue weighted by molar-refractivity contribution is 7.18. The molecule has 2 aliphatic heterocycles. The Morgan fingerprint density at radius 1 is 1.06 bits per heavy atom. The van der Waals surface area contributed by atoms with Crippen molar-refractivity contribution in [1.29, 1.82) is 0 Å². The van der Waals surface area contributed by atoms with Crippen LogP contribution >= 0.6 is 11.3 Å². The van der Waals surface area contributed by atoms with Crippen LogP contribution in [-0.2, 0) is 4.79 Å². The lowest BCUT2D eigenvalue weighted by atomic mass is 10.0. The van der Waals surface area contributed by atoms with Crippen LogP contribution in [0.15, 0.2) is 42.5 Å². The molecule has 0 spiro atoms. The minimum Gasteiger partial charge on any atom is -0.454 e. The van der Waals surface area contributed by atoms with Crippen molar-refractivity contribution in [2.45, 2.75) is 38.6 Å². The number of urea groups is 1. The molecule has 0 radical (unpaired) electrons. The third-order valence-electron chi connectivity index (χ3n) is 5.92. The van der Waals surface area contributed by atoms with Crippen molar-refractivity contribution in [2.75, 3.05) is 24.0 Å². The Bertz CT molecular complexity index is 1210. The number of ether oxygens (including phenoxy) is 2. The van der Waals surface area contributed by atoms with Crippen molar-refractivity contribution in [3.05, 3.63) is 48.0 Å². The van der Waals surface area contributed by atoms with Crippen LogP contribution in [0.3, 0.4) is 0 Å². The molecule has 5 rings (SSSR count). The number of carbonyl (C=O) groups excluding carboxylic acids is 2. The fraction of sp³-hybridized carbons (Fsp3) is 0.333. The monoisotopic (exact) mass is 479 g/mol. The quantitative estimate of drug-likeness (QED) is 0.550. The highest BCUT2D eigenvalue weighted by atomic mass is 32.1. The summed E-state index contributed by atoms with van der Waals surface area (Å²) in [6, 6.07) is 12.5. The Hall–Kier alpha value is -3.66. The molecular weight excluding hydrogens is 454 g/mol. The maximum absolute atomic E-state index is 13.0. The predicted octanol–water partition coefficient (Wildman–Crippen LogP) is 4.69. The van der Waals surface area contributed by atoms with Crippen molar-refractivity contribution >= 4 is 34.1 Å². The van der Waals surface area contributed by atoms with Gasteiger partial charge in [0.2, 0.25) is 17.8 Å². The van der Waals surface area contributed by atoms with Crippen molar-refractivity contribution in [1.82, 2.24) is 15.1 Å². The maximum Gasteiger partial charge on any atom is 0.322 e. The molecule has 1 saturated heterocycles. The molecule has 9 nitrogen and oxygen atoms in total. The van der Waals surface area contributed by atoms with E-state index in [4.69, 9.17) is 9.47 Å². The van der Waals surface area contributed by atoms with E-state index in [1.165, 1.54) is 16.9 Å². The highest BCUT2D eigenvalue weighted by Gasteiger charge is 2.34. The van der Waals surface area contributed by atoms with Gasteiger partial charge in [0.05, 0.1) is 0 Å². The summed E-state index contributed by atoms with van der Waals surface area (Å²) in [7, 11) is 0. The molecule has 3 amide bonds. The molecule has 3 aromatic rings. The molecule has 1 unspecified atom stereocenters. The first kappa shape index (κ1) is 22.1. The Labute approximate surface area is 201 Å². The van der Waals surface area contributed by atoms with E-state index < -0.39 is 6.04 Å². The van der Waals surface area contributed by atoms with Gasteiger partial charge in [-0.1, -0.05) is 37.3 Å². The van der Waals surface area contributed by atoms with Crippen molar-refractivity contribution < 1.29 is 19.1 Å². The predicted molar refractivity (Wildman–Crippen MR) is 129 cm³/mol. The van der Waals surface area contributed by atoms with Crippen molar-refractivity contribution in [2.24, 2.45) is 0 Å². The van der Waals surface area contributed by atoms with Crippen LogP contribution in [-0.4, -0.2) is 46.4 Å². The number of nitrogens with one attached hydrogen (secondary N) is 2. The normalized spacial score (nSPS) is 16.7. The van der Waals surface area contributed by atoms with Gasteiger partial charge in [0.1, 0.15) is 11.0 Å². The standard InChI is InChI=1S/C24H25N5O4S/c1-14(2)15-5-8-17(9-6-15)25-24(31)29-11-3-4-18(29)21(30)26-23-28-27-22(34-23)16-7-10-19-20(12-16)33-13-32-19/h5-10,12,14,18H,3-4,11,13H2,1-2H3,(H,25,31)(H,26,28,30). The van der Waals surface area contributed by atoms with Gasteiger partial charge >= 0.3 is 6.03 Å². The van der Waals surface area contributed by atoms with Crippen LogP contribution in [0, 0.1) is 0 Å². The van der Waals surface area contributed by atoms with Crippen molar-refractivity contribution in [3.63, 3.8) is 0 Å². The molecule has 1 fully saturated rings. The SMILES string of the molecule is CC(C)c1ccc(NC(=O)N2CCCC2C(=O)Nc2nnc(-c3ccc4c(c3)OCO4)s2)cc1. The smallest absolute Gasteiger partial charge is 0.322 e. The minimum absolute atomic E-state index is 0.199. The van der Waals surface area contributed by atoms with Crippen LogP contribution in [0.1, 0.15) is 38.2 Å². The molecule has 0 saturated carbocycles. The number of aromatic nitrogens is 2. The molecule has 1 aromatic heterocycles. The summed E-state index contributed by atoms with van der Waals surface area (Å²) < 4.78 is 10.7. The number of anilines is 2. The van der Waals surface area contributed by atoms with Crippen LogP contribution in [0.4, 0.5) is 15.6 Å². The summed E-state index contributed by atoms with van der Waals surface area (Å²) in [5.41, 5.74) is 2.74. The topological polar surface area (TPSA) is 106 Å². The lowest BCUT2D eigenvalue weighted by Crippen LogP contribution is -2.45. The van der Waals surface area contributed by atoms with Gasteiger partial charge in [-0.2, -0.15) is 0 Å². The Kier molecular flexibility index (Phi) is 6.06. The second-order valence-corrected chi connectivity index (χ2v) is 9.51. The summed E-state index contributed by atoms with van der Waals surface area (Å²) in [5.74, 6) is 1.50. The molecule has 10 heteroatoms. The first-order valence-corrected chi connectivity index (χ1v) is 12.0. The third-order valence-corrected chi connectivity index (χ3v) is 6.81. The number of likely N-dealkylation sites (tertiary alicyclic amines) is 1. The number of benzene rings is 2. The maximum atomic E-state index is 13.0. The molecule has 176 valence electrons. The molecule has 1 atom stereocenters. The number of nitrogens with zero attached hydrogens (tertiary/aromatic N) is 3. The summed E-state index contributed by atoms with van der Waals surface area (Å²) in [4.78, 5) is 27.4. The number of rotatable bonds is 5. The molecular formula is C24H25N5O4S. The van der Waals surface area contributed by atoms with Crippen LogP contribution in [0.25, 0.3) is 10.6 Å². The third kappa shape index (κ3) is 4.54. The van der Waals surface area contributed by atoms with Crippen LogP contribution in [0.5, 0.6) is 11.5 Å². The zero-order chi connectivity index (χ0) is 23.7. The highest BCUT2D eigenvalue weighted by Crippen LogP contribution is 2.37. The molecule has 34 heavy (non-hydrogen) atoms. The summed E-state index contributed by atoms with van der Waals surface area (Å²) in [6.07, 6.45) is 1.36. The zero-order valence-electron chi connectivity index (χ0n) is 18.9. The van der Waals surface area contributed by atoms with E-state index >= 15 is 0 Å². The van der Waals surface area contributed by atoms with Gasteiger partial charge in [0.25, 0.3) is 0 Å². The van der Waals surface area contributed by atoms with E-state index in [0.29, 0.717) is 46.2 Å². The largest absolute Gasteiger partial charge is 0.454 e. The number of fused-ring (bicyclic) bond motifs is 1. The molecule has 0 bridgehead atoms. The molecule has 2 aliphatic rings. The van der Waals surface area contributed by atoms with Gasteiger partial charge in [-0.15, -0.1) is 10.2 Å². The summed E-state index contributed by atoms with van der Waals surface area (Å²) in [5, 5.41) is 15.1. The fourth-order valence-corrected chi connectivity index (χ4v) is 4.78. The zero-order valence-corrected chi connectivity index (χ0v) is 19.7. The van der Waals surface area contributed by atoms with Gasteiger partial charge in [0.15, 0.2) is 11.5 Å². The van der Waals surface area contributed by atoms with Gasteiger partial charge in [-0.05, 0) is 54.7 Å². The van der Waals surface area contributed by atoms with Gasteiger partial charge in [-0.25, -0.2) is 4.79 Å². The van der Waals surface area contributed by atoms with Crippen molar-refractivity contribution in [3.8, 4) is 22.1 Å². The average molecular weight is 480 g/mol. The lowest BCUT2D eigenvalue weighted by Gasteiger charge is -2.24. The number of hydrogen-bond acceptors (Lipinski definition) is 7. The fourth-order valence-electron chi connectivity index (χ4n) is 4.04. The Balaban J connectivity index is 1.22. The first-order chi connectivity index (χ1) is 16.5. The average Bonchev–Trinajstić information content (AvgIpc) is 3.59. The van der Waals surface area contributed by atoms with E-state index in [0.717, 1.165) is 12.0 Å². The Morgan fingerprint density at radius 2 is 1.85 bits per heavy atom. The molecule has 0 aliphatic carbocycles. The molecule has 3 heterocycles. The first-order valence-electron chi connectivity index (χ1n) is 11.2. The van der Waals surface area contributed by atoms with E-state index in [2.05, 4.69) is 34.7 Å². The van der Waals surface area contributed by atoms with E-state index in [-0.39, 0.29) is 18.7 Å². The van der Waals surface area contributed by atoms with Gasteiger partial charge < -0.3 is 19.7 Å². The number of carbonyl (C=O) groups is 2. The number of amides is 3. The minimum atomic E-state index is -0.562. The van der Waals surface area contributed by atoms with Gasteiger partial charge in [0, 0.05) is 17.8 Å². The Morgan fingerprint density at radius 3 is 2.65 bits per heavy atom. The van der Waals surface area contributed by atoms with E-state index in [1.807, 2.05) is 42.5 Å². The molecule has 2 N–H and O–H groups in total. The van der Waals surface area contributed by atoms with E-state index in [9.17, 15) is 9.59 Å². The second-order valence-electron chi connectivity index (χ2n) is 8.53.